The molecule has 0 bridgehead atoms. The number of unbranched alkanes of at least 4 members (excludes halogenated alkanes) is 2. The van der Waals surface area contributed by atoms with Gasteiger partial charge in [0.2, 0.25) is 0 Å². The second-order valence-electron chi connectivity index (χ2n) is 13.2. The topological polar surface area (TPSA) is 0 Å². The first-order valence-electron chi connectivity index (χ1n) is 16.6. The molecule has 0 N–H and O–H groups in total. The first-order valence-corrected chi connectivity index (χ1v) is 28.0. The van der Waals surface area contributed by atoms with Crippen molar-refractivity contribution in [1.82, 2.24) is 0 Å². The molecule has 0 aromatic heterocycles. The third-order valence-electron chi connectivity index (χ3n) is 10.8. The molecule has 2 unspecified atom stereocenters. The molecule has 0 radical (unpaired) electrons. The van der Waals surface area contributed by atoms with Gasteiger partial charge in [0.25, 0.3) is 0 Å². The Morgan fingerprint density at radius 2 is 0.909 bits per heavy atom. The normalized spacial score (nSPS) is 21.8. The van der Waals surface area contributed by atoms with E-state index in [1.54, 1.807) is 0 Å². The first-order chi connectivity index (χ1) is 21.3. The summed E-state index contributed by atoms with van der Waals surface area (Å²) in [5.41, 5.74) is 10.6. The van der Waals surface area contributed by atoms with Gasteiger partial charge >= 0.3 is 276 Å². The summed E-state index contributed by atoms with van der Waals surface area (Å²) in [6, 6.07) is 40.5. The van der Waals surface area contributed by atoms with Crippen LogP contribution in [0.4, 0.5) is 0 Å². The van der Waals surface area contributed by atoms with Crippen molar-refractivity contribution >= 4 is 37.4 Å². The maximum atomic E-state index is 9.26. The van der Waals surface area contributed by atoms with Gasteiger partial charge in [0.1, 0.15) is 0 Å². The molecule has 0 heterocycles. The van der Waals surface area contributed by atoms with Crippen molar-refractivity contribution in [3.05, 3.63) is 154 Å². The fraction of sp³-hybridized carbons (Fsp3) is 0.300. The molecule has 2 aliphatic rings. The number of allylic oxidation sites excluding steroid dienone is 2. The molecule has 2 atom stereocenters. The van der Waals surface area contributed by atoms with Crippen LogP contribution >= 0.6 is 18.6 Å². The van der Waals surface area contributed by atoms with Gasteiger partial charge in [-0.3, -0.25) is 0 Å². The van der Waals surface area contributed by atoms with Gasteiger partial charge in [0.15, 0.2) is 0 Å². The minimum absolute atomic E-state index is 0.591. The molecule has 6 rings (SSSR count). The summed E-state index contributed by atoms with van der Waals surface area (Å²) in [5.74, 6) is 0. The molecular formula is C40H45Cl2SiTi. The van der Waals surface area contributed by atoms with E-state index in [1.165, 1.54) is 44.5 Å². The molecule has 4 heteroatoms. The monoisotopic (exact) mass is 671 g/mol. The zero-order chi connectivity index (χ0) is 31.0. The molecule has 0 fully saturated rings. The molecule has 44 heavy (non-hydrogen) atoms. The Hall–Kier alpha value is -2.13. The van der Waals surface area contributed by atoms with Crippen molar-refractivity contribution in [2.75, 3.05) is 0 Å². The average Bonchev–Trinajstić information content (AvgIpc) is 3.58. The Kier molecular flexibility index (Phi) is 8.85. The van der Waals surface area contributed by atoms with Gasteiger partial charge in [-0.05, 0) is 0 Å². The molecule has 0 amide bonds. The van der Waals surface area contributed by atoms with Crippen LogP contribution in [0.1, 0.15) is 85.8 Å². The van der Waals surface area contributed by atoms with E-state index >= 15 is 0 Å². The van der Waals surface area contributed by atoms with Crippen LogP contribution in [-0.2, 0) is 19.9 Å². The van der Waals surface area contributed by atoms with Gasteiger partial charge < -0.3 is 0 Å². The van der Waals surface area contributed by atoms with Crippen LogP contribution in [0.5, 0.6) is 0 Å². The number of hydrogen-bond donors (Lipinski definition) is 0. The van der Waals surface area contributed by atoms with Crippen LogP contribution in [0.15, 0.2) is 120 Å². The Bertz CT molecular complexity index is 1590. The molecule has 0 nitrogen and oxygen atoms in total. The van der Waals surface area contributed by atoms with Gasteiger partial charge in [0, 0.05) is 0 Å². The van der Waals surface area contributed by atoms with Gasteiger partial charge in [0.05, 0.1) is 0 Å². The summed E-state index contributed by atoms with van der Waals surface area (Å²) in [5, 5.41) is 0. The third-order valence-corrected chi connectivity index (χ3v) is 48.4. The average molecular weight is 673 g/mol. The van der Waals surface area contributed by atoms with Crippen LogP contribution in [0, 0.1) is 0 Å². The van der Waals surface area contributed by atoms with Crippen molar-refractivity contribution in [2.24, 2.45) is 0 Å². The SMILES string of the molecule is CCCCC1=Cc2ccccc2[C]1(c1ccccc1)[Ti]([Cl])([Cl])([SiH](C)C)[C]1(c2ccccc2)C(CCCC)=Cc2ccccc21. The maximum absolute atomic E-state index is 9.26. The van der Waals surface area contributed by atoms with E-state index in [1.807, 2.05) is 0 Å². The second kappa shape index (κ2) is 12.2. The molecular weight excluding hydrogens is 627 g/mol. The Morgan fingerprint density at radius 1 is 0.545 bits per heavy atom. The number of benzene rings is 4. The summed E-state index contributed by atoms with van der Waals surface area (Å²) in [6.45, 7) is 7.62. The van der Waals surface area contributed by atoms with E-state index in [9.17, 15) is 18.6 Å². The predicted octanol–water partition coefficient (Wildman–Crippen LogP) is 12.0. The number of rotatable bonds is 11. The van der Waals surface area contributed by atoms with Crippen molar-refractivity contribution in [2.45, 2.75) is 72.9 Å². The number of fused-ring (bicyclic) bond motifs is 2. The van der Waals surface area contributed by atoms with Crippen LogP contribution in [0.2, 0.25) is 13.1 Å². The van der Waals surface area contributed by atoms with E-state index in [-0.39, 0.29) is 0 Å². The third kappa shape index (κ3) is 4.19. The van der Waals surface area contributed by atoms with Crippen LogP contribution in [0.25, 0.3) is 12.2 Å². The van der Waals surface area contributed by atoms with Crippen LogP contribution in [0.3, 0.4) is 0 Å². The summed E-state index contributed by atoms with van der Waals surface area (Å²) >= 11 is -5.18. The van der Waals surface area contributed by atoms with Crippen molar-refractivity contribution in [1.29, 1.82) is 0 Å². The molecule has 4 aromatic rings. The van der Waals surface area contributed by atoms with Crippen molar-refractivity contribution in [3.63, 3.8) is 0 Å². The van der Waals surface area contributed by atoms with Crippen LogP contribution < -0.4 is 0 Å². The van der Waals surface area contributed by atoms with E-state index < -0.39 is 26.5 Å². The summed E-state index contributed by atoms with van der Waals surface area (Å²) in [6.07, 6.45) is 11.4. The Balaban J connectivity index is 1.88. The summed E-state index contributed by atoms with van der Waals surface area (Å²) in [7, 11) is 18.5. The van der Waals surface area contributed by atoms with E-state index in [0.29, 0.717) is 0 Å². The Morgan fingerprint density at radius 3 is 1.27 bits per heavy atom. The predicted molar refractivity (Wildman–Crippen MR) is 193 cm³/mol. The zero-order valence-corrected chi connectivity index (χ0v) is 30.9. The fourth-order valence-corrected chi connectivity index (χ4v) is 36.2. The van der Waals surface area contributed by atoms with Crippen molar-refractivity contribution in [3.8, 4) is 0 Å². The van der Waals surface area contributed by atoms with Gasteiger partial charge in [-0.1, -0.05) is 0 Å². The summed E-state index contributed by atoms with van der Waals surface area (Å²) < 4.78 is -1.18. The van der Waals surface area contributed by atoms with Crippen LogP contribution in [-0.4, -0.2) is 6.66 Å². The number of hydrogen-bond acceptors (Lipinski definition) is 0. The second-order valence-corrected chi connectivity index (χ2v) is 41.7. The molecule has 0 saturated heterocycles. The zero-order valence-electron chi connectivity index (χ0n) is 26.6. The van der Waals surface area contributed by atoms with Gasteiger partial charge in [-0.2, -0.15) is 0 Å². The molecule has 4 aromatic carbocycles. The molecule has 0 saturated carbocycles. The standard InChI is InChI=1S/2C19H19.C2H7Si.2ClH.Ti/c2*1-2-3-9-17-14-16-12-7-8-13-18(16)19(17)15-10-5-4-6-11-15;1-3-2;;;/h2*4-8,10-14H,2-3,9H2,1H3;3H,1-2H3;2*1H;/q;;;;;+2/p-2. The number of halogens is 2. The van der Waals surface area contributed by atoms with E-state index in [4.69, 9.17) is 0 Å². The Labute approximate surface area is 274 Å². The molecule has 0 spiro atoms. The molecule has 227 valence electrons. The first kappa shape index (κ1) is 31.8. The fourth-order valence-electron chi connectivity index (χ4n) is 8.94. The van der Waals surface area contributed by atoms with E-state index in [2.05, 4.69) is 148 Å². The summed E-state index contributed by atoms with van der Waals surface area (Å²) in [4.78, 5) is 0. The molecule has 2 aliphatic carbocycles. The van der Waals surface area contributed by atoms with Gasteiger partial charge in [-0.15, -0.1) is 0 Å². The van der Waals surface area contributed by atoms with Crippen molar-refractivity contribution < 1.29 is 12.4 Å². The van der Waals surface area contributed by atoms with E-state index in [0.717, 1.165) is 38.5 Å². The minimum atomic E-state index is -5.18. The van der Waals surface area contributed by atoms with Gasteiger partial charge in [-0.25, -0.2) is 0 Å². The molecule has 0 aliphatic heterocycles. The quantitative estimate of drug-likeness (QED) is 0.139.